The second-order valence-corrected chi connectivity index (χ2v) is 21.3. The minimum Gasteiger partial charge on any atom is -0.453 e. The third kappa shape index (κ3) is 7.95. The molecule has 2 aliphatic rings. The molecule has 4 heterocycles. The van der Waals surface area contributed by atoms with Crippen molar-refractivity contribution in [2.75, 3.05) is 0 Å². The fraction of sp³-hybridized carbons (Fsp3) is 0.231. The van der Waals surface area contributed by atoms with Crippen molar-refractivity contribution >= 4 is 65.4 Å². The number of aromatic nitrogens is 6. The molecule has 0 bridgehead atoms. The molecular formula is C52H46N6O10S2. The third-order valence-electron chi connectivity index (χ3n) is 13.2. The van der Waals surface area contributed by atoms with Gasteiger partial charge in [-0.05, 0) is 64.1 Å². The number of benzene rings is 4. The van der Waals surface area contributed by atoms with Crippen molar-refractivity contribution in [2.24, 2.45) is 11.8 Å². The summed E-state index contributed by atoms with van der Waals surface area (Å²) in [7, 11) is -8.79. The Kier molecular flexibility index (Phi) is 11.6. The van der Waals surface area contributed by atoms with E-state index in [-0.39, 0.29) is 80.8 Å². The number of rotatable bonds is 12. The maximum atomic E-state index is 14.6. The fourth-order valence-electron chi connectivity index (χ4n) is 9.76. The molecule has 0 aliphatic heterocycles. The molecule has 4 atom stereocenters. The van der Waals surface area contributed by atoms with Gasteiger partial charge in [0, 0.05) is 85.5 Å². The second-order valence-electron chi connectivity index (χ2n) is 17.8. The van der Waals surface area contributed by atoms with Crippen molar-refractivity contribution in [3.63, 3.8) is 0 Å². The van der Waals surface area contributed by atoms with Crippen LogP contribution in [0.1, 0.15) is 79.9 Å². The van der Waals surface area contributed by atoms with Gasteiger partial charge in [0.2, 0.25) is 0 Å². The van der Waals surface area contributed by atoms with Crippen molar-refractivity contribution in [1.29, 1.82) is 0 Å². The van der Waals surface area contributed by atoms with Gasteiger partial charge in [-0.3, -0.25) is 9.59 Å². The number of hydrogen-bond acceptors (Lipinski definition) is 12. The Morgan fingerprint density at radius 3 is 1.30 bits per heavy atom. The van der Waals surface area contributed by atoms with Gasteiger partial charge in [0.05, 0.1) is 43.3 Å². The standard InChI is InChI=1S/C52H46N6O10S2/c1-31-13-17-37(18-14-31)69(63,64)57-41-11-7-5-9-39(41)47-49(57)43(27-35(51(47)61)29-55-25-23-53-33(55)3)67-45(59)21-22-46(60)68-44-28-36(30-56-26-24-54-34(56)4)52(62)48-40-10-6-8-12-42(40)58(50(44)48)70(65,66)38-19-15-32(2)16-20-38/h5-26,35-36,43-44H,27-30H2,1-4H3/b22-21-. The summed E-state index contributed by atoms with van der Waals surface area (Å²) < 4.78 is 76.5. The molecule has 0 saturated heterocycles. The fourth-order valence-corrected chi connectivity index (χ4v) is 12.9. The van der Waals surface area contributed by atoms with Crippen molar-refractivity contribution in [2.45, 2.75) is 75.6 Å². The van der Waals surface area contributed by atoms with Crippen LogP contribution in [0.3, 0.4) is 0 Å². The number of Topliss-reactive ketones (excluding diaryl/α,β-unsaturated/α-hetero) is 2. The highest BCUT2D eigenvalue weighted by molar-refractivity contribution is 7.90. The first-order chi connectivity index (χ1) is 33.5. The van der Waals surface area contributed by atoms with Gasteiger partial charge in [-0.25, -0.2) is 44.3 Å². The van der Waals surface area contributed by atoms with Gasteiger partial charge in [0.15, 0.2) is 11.6 Å². The van der Waals surface area contributed by atoms with E-state index in [9.17, 15) is 36.0 Å². The molecule has 0 spiro atoms. The lowest BCUT2D eigenvalue weighted by Gasteiger charge is -2.30. The molecular weight excluding hydrogens is 933 g/mol. The molecule has 8 aromatic rings. The van der Waals surface area contributed by atoms with E-state index in [1.165, 1.54) is 24.3 Å². The quantitative estimate of drug-likeness (QED) is 0.0847. The highest BCUT2D eigenvalue weighted by atomic mass is 32.2. The van der Waals surface area contributed by atoms with Gasteiger partial charge in [-0.15, -0.1) is 0 Å². The predicted octanol–water partition coefficient (Wildman–Crippen LogP) is 7.93. The van der Waals surface area contributed by atoms with Crippen LogP contribution in [0, 0.1) is 39.5 Å². The lowest BCUT2D eigenvalue weighted by atomic mass is 9.83. The van der Waals surface area contributed by atoms with E-state index in [1.54, 1.807) is 121 Å². The number of fused-ring (bicyclic) bond motifs is 6. The number of imidazole rings is 2. The lowest BCUT2D eigenvalue weighted by molar-refractivity contribution is -0.147. The van der Waals surface area contributed by atoms with Gasteiger partial charge in [0.25, 0.3) is 20.0 Å². The molecule has 356 valence electrons. The van der Waals surface area contributed by atoms with Crippen LogP contribution in [0.15, 0.2) is 144 Å². The van der Waals surface area contributed by atoms with E-state index in [2.05, 4.69) is 9.97 Å². The number of aryl methyl sites for hydroxylation is 4. The Labute approximate surface area is 402 Å². The summed E-state index contributed by atoms with van der Waals surface area (Å²) in [5.74, 6) is -3.04. The average molecular weight is 979 g/mol. The van der Waals surface area contributed by atoms with Crippen LogP contribution in [0.5, 0.6) is 0 Å². The molecule has 4 aromatic carbocycles. The van der Waals surface area contributed by atoms with Gasteiger partial charge in [-0.1, -0.05) is 71.8 Å². The van der Waals surface area contributed by atoms with E-state index < -0.39 is 56.0 Å². The Hall–Kier alpha value is -7.70. The molecule has 2 aliphatic carbocycles. The van der Waals surface area contributed by atoms with E-state index in [0.717, 1.165) is 31.2 Å². The Morgan fingerprint density at radius 1 is 0.571 bits per heavy atom. The highest BCUT2D eigenvalue weighted by Gasteiger charge is 2.45. The molecule has 0 N–H and O–H groups in total. The number of carbonyl (C=O) groups excluding carboxylic acids is 4. The molecule has 16 nitrogen and oxygen atoms in total. The predicted molar refractivity (Wildman–Crippen MR) is 257 cm³/mol. The SMILES string of the molecule is Cc1ccc(S(=O)(=O)n2c3c(c4ccccc42)C(=O)C(Cn2ccnc2C)CC3OC(=O)/C=C\C(=O)OC2CC(Cn3ccnc3C)C(=O)c3c2n(S(=O)(=O)c2ccc(C)cc2)c2ccccc32)cc1. The maximum absolute atomic E-state index is 14.6. The average Bonchev–Trinajstić information content (AvgIpc) is 4.12. The summed E-state index contributed by atoms with van der Waals surface area (Å²) in [4.78, 5) is 65.7. The zero-order valence-corrected chi connectivity index (χ0v) is 40.1. The van der Waals surface area contributed by atoms with Crippen LogP contribution in [0.2, 0.25) is 0 Å². The number of esters is 2. The second kappa shape index (κ2) is 17.7. The normalized spacial score (nSPS) is 18.3. The number of ketones is 2. The summed E-state index contributed by atoms with van der Waals surface area (Å²) in [6.07, 6.45) is 5.52. The monoisotopic (exact) mass is 978 g/mol. The van der Waals surface area contributed by atoms with Crippen LogP contribution in [0.4, 0.5) is 0 Å². The Morgan fingerprint density at radius 2 is 0.943 bits per heavy atom. The van der Waals surface area contributed by atoms with Crippen molar-refractivity contribution in [1.82, 2.24) is 27.0 Å². The van der Waals surface area contributed by atoms with Crippen LogP contribution in [-0.4, -0.2) is 67.4 Å². The minimum absolute atomic E-state index is 0.0316. The molecule has 0 saturated carbocycles. The summed E-state index contributed by atoms with van der Waals surface area (Å²) in [6, 6.07) is 25.7. The molecule has 0 radical (unpaired) electrons. The molecule has 18 heteroatoms. The first-order valence-electron chi connectivity index (χ1n) is 22.6. The van der Waals surface area contributed by atoms with E-state index in [1.807, 2.05) is 13.8 Å². The first-order valence-corrected chi connectivity index (χ1v) is 25.4. The van der Waals surface area contributed by atoms with E-state index >= 15 is 0 Å². The number of ether oxygens (including phenoxy) is 2. The van der Waals surface area contributed by atoms with Crippen LogP contribution in [0.25, 0.3) is 21.8 Å². The Balaban J connectivity index is 1.01. The van der Waals surface area contributed by atoms with Crippen LogP contribution in [-0.2, 0) is 52.2 Å². The summed E-state index contributed by atoms with van der Waals surface area (Å²) in [5, 5.41) is 0.720. The van der Waals surface area contributed by atoms with Crippen molar-refractivity contribution < 1.29 is 45.5 Å². The van der Waals surface area contributed by atoms with Crippen molar-refractivity contribution in [3.05, 3.63) is 179 Å². The molecule has 0 amide bonds. The zero-order valence-electron chi connectivity index (χ0n) is 38.4. The topological polar surface area (TPSA) is 201 Å². The van der Waals surface area contributed by atoms with Crippen LogP contribution < -0.4 is 0 Å². The summed E-state index contributed by atoms with van der Waals surface area (Å²) in [5.41, 5.74) is 2.23. The lowest BCUT2D eigenvalue weighted by Crippen LogP contribution is -2.33. The molecule has 10 rings (SSSR count). The molecule has 0 fully saturated rings. The zero-order chi connectivity index (χ0) is 49.2. The van der Waals surface area contributed by atoms with Crippen LogP contribution >= 0.6 is 0 Å². The van der Waals surface area contributed by atoms with Gasteiger partial charge >= 0.3 is 11.9 Å². The van der Waals surface area contributed by atoms with Gasteiger partial charge in [0.1, 0.15) is 23.9 Å². The molecule has 4 unspecified atom stereocenters. The minimum atomic E-state index is -4.39. The maximum Gasteiger partial charge on any atom is 0.331 e. The first kappa shape index (κ1) is 46.1. The van der Waals surface area contributed by atoms with Gasteiger partial charge in [-0.2, -0.15) is 0 Å². The van der Waals surface area contributed by atoms with E-state index in [0.29, 0.717) is 22.4 Å². The number of para-hydroxylation sites is 2. The van der Waals surface area contributed by atoms with Crippen molar-refractivity contribution in [3.8, 4) is 0 Å². The Bertz CT molecular complexity index is 3450. The number of carbonyl (C=O) groups is 4. The summed E-state index contributed by atoms with van der Waals surface area (Å²) in [6.45, 7) is 7.55. The molecule has 70 heavy (non-hydrogen) atoms. The number of nitrogens with zero attached hydrogens (tertiary/aromatic N) is 6. The molecule has 4 aromatic heterocycles. The van der Waals surface area contributed by atoms with Gasteiger partial charge < -0.3 is 18.6 Å². The smallest absolute Gasteiger partial charge is 0.331 e. The summed E-state index contributed by atoms with van der Waals surface area (Å²) >= 11 is 0. The number of hydrogen-bond donors (Lipinski definition) is 0. The third-order valence-corrected chi connectivity index (χ3v) is 16.7. The highest BCUT2D eigenvalue weighted by Crippen LogP contribution is 2.46. The van der Waals surface area contributed by atoms with E-state index in [4.69, 9.17) is 9.47 Å². The largest absolute Gasteiger partial charge is 0.453 e.